The number of carbonyl (C=O) groups is 1. The molecular weight excluding hydrogens is 451 g/mol. The Kier molecular flexibility index (Phi) is 6.58. The van der Waals surface area contributed by atoms with Crippen LogP contribution in [0.15, 0.2) is 42.5 Å². The van der Waals surface area contributed by atoms with Gasteiger partial charge in [-0.25, -0.2) is 0 Å². The Hall–Kier alpha value is -3.82. The predicted molar refractivity (Wildman–Crippen MR) is 116 cm³/mol. The monoisotopic (exact) mass is 473 g/mol. The van der Waals surface area contributed by atoms with Crippen LogP contribution in [0.4, 0.5) is 13.2 Å². The summed E-state index contributed by atoms with van der Waals surface area (Å²) in [5, 5.41) is 10.5. The zero-order valence-electron chi connectivity index (χ0n) is 18.5. The van der Waals surface area contributed by atoms with Crippen molar-refractivity contribution >= 4 is 5.91 Å². The quantitative estimate of drug-likeness (QED) is 0.561. The smallest absolute Gasteiger partial charge is 0.416 e. The molecule has 0 radical (unpaired) electrons. The molecule has 178 valence electrons. The van der Waals surface area contributed by atoms with Gasteiger partial charge in [-0.2, -0.15) is 13.2 Å². The third-order valence-corrected chi connectivity index (χ3v) is 5.22. The topological polar surface area (TPSA) is 82.6 Å². The van der Waals surface area contributed by atoms with Gasteiger partial charge in [-0.15, -0.1) is 10.2 Å². The molecule has 34 heavy (non-hydrogen) atoms. The van der Waals surface area contributed by atoms with Crippen LogP contribution in [0.2, 0.25) is 0 Å². The summed E-state index contributed by atoms with van der Waals surface area (Å²) in [4.78, 5) is 13.1. The molecule has 0 atom stereocenters. The fourth-order valence-corrected chi connectivity index (χ4v) is 3.55. The van der Waals surface area contributed by atoms with Crippen molar-refractivity contribution in [2.75, 3.05) is 19.8 Å². The lowest BCUT2D eigenvalue weighted by Crippen LogP contribution is -2.29. The van der Waals surface area contributed by atoms with E-state index in [4.69, 9.17) is 14.2 Å². The number of alkyl halides is 3. The van der Waals surface area contributed by atoms with E-state index in [1.165, 1.54) is 12.1 Å². The largest absolute Gasteiger partial charge is 0.484 e. The van der Waals surface area contributed by atoms with Crippen LogP contribution in [0.25, 0.3) is 0 Å². The first-order valence-electron chi connectivity index (χ1n) is 10.6. The molecule has 0 saturated carbocycles. The van der Waals surface area contributed by atoms with Gasteiger partial charge in [0.25, 0.3) is 17.7 Å². The van der Waals surface area contributed by atoms with Crippen molar-refractivity contribution in [1.82, 2.24) is 15.5 Å². The summed E-state index contributed by atoms with van der Waals surface area (Å²) >= 11 is 0. The second-order valence-electron chi connectivity index (χ2n) is 7.77. The number of aryl methyl sites for hydroxylation is 2. The SMILES string of the molecule is Cc1ccc(CCNC(=O)c2c(Oc3cccc(C(F)(F)F)c3)nnc3c2OCCO3)c(C)c1. The van der Waals surface area contributed by atoms with Gasteiger partial charge in [-0.05, 0) is 49.6 Å². The average Bonchev–Trinajstić information content (AvgIpc) is 2.80. The Morgan fingerprint density at radius 1 is 1.09 bits per heavy atom. The molecule has 1 aliphatic heterocycles. The van der Waals surface area contributed by atoms with Crippen LogP contribution in [0.3, 0.4) is 0 Å². The molecule has 4 rings (SSSR count). The Balaban J connectivity index is 1.58. The lowest BCUT2D eigenvalue weighted by atomic mass is 10.0. The minimum absolute atomic E-state index is 0.0159. The summed E-state index contributed by atoms with van der Waals surface area (Å²) in [6.45, 7) is 4.71. The first kappa shape index (κ1) is 23.3. The number of aromatic nitrogens is 2. The standard InChI is InChI=1S/C24H22F3N3O4/c1-14-6-7-16(15(2)12-14)8-9-28-21(31)19-20-23(33-11-10-32-20)30-29-22(19)34-18-5-3-4-17(13-18)24(25,26)27/h3-7,12-13H,8-11H2,1-2H3,(H,28,31). The summed E-state index contributed by atoms with van der Waals surface area (Å²) in [5.41, 5.74) is 2.36. The average molecular weight is 473 g/mol. The number of nitrogens with zero attached hydrogens (tertiary/aromatic N) is 2. The molecule has 0 bridgehead atoms. The van der Waals surface area contributed by atoms with Crippen molar-refractivity contribution in [3.8, 4) is 23.3 Å². The number of hydrogen-bond donors (Lipinski definition) is 1. The highest BCUT2D eigenvalue weighted by molar-refractivity contribution is 5.99. The lowest BCUT2D eigenvalue weighted by Gasteiger charge is -2.20. The molecule has 1 N–H and O–H groups in total. The fourth-order valence-electron chi connectivity index (χ4n) is 3.55. The second kappa shape index (κ2) is 9.58. The van der Waals surface area contributed by atoms with Crippen molar-refractivity contribution < 1.29 is 32.2 Å². The van der Waals surface area contributed by atoms with Crippen molar-refractivity contribution in [3.63, 3.8) is 0 Å². The summed E-state index contributed by atoms with van der Waals surface area (Å²) in [6.07, 6.45) is -3.97. The van der Waals surface area contributed by atoms with E-state index in [2.05, 4.69) is 21.6 Å². The molecule has 0 aliphatic carbocycles. The number of benzene rings is 2. The summed E-state index contributed by atoms with van der Waals surface area (Å²) < 4.78 is 55.8. The Labute approximate surface area is 193 Å². The van der Waals surface area contributed by atoms with Gasteiger partial charge in [-0.1, -0.05) is 29.8 Å². The van der Waals surface area contributed by atoms with Gasteiger partial charge in [0, 0.05) is 6.54 Å². The Bertz CT molecular complexity index is 1210. The van der Waals surface area contributed by atoms with E-state index >= 15 is 0 Å². The van der Waals surface area contributed by atoms with Crippen LogP contribution in [-0.4, -0.2) is 35.9 Å². The van der Waals surface area contributed by atoms with Crippen molar-refractivity contribution in [2.24, 2.45) is 0 Å². The van der Waals surface area contributed by atoms with Crippen LogP contribution in [0.5, 0.6) is 23.3 Å². The molecular formula is C24H22F3N3O4. The van der Waals surface area contributed by atoms with Gasteiger partial charge in [0.05, 0.1) is 5.56 Å². The maximum atomic E-state index is 13.1. The zero-order valence-corrected chi connectivity index (χ0v) is 18.5. The number of fused-ring (bicyclic) bond motifs is 1. The number of amides is 1. The molecule has 2 heterocycles. The predicted octanol–water partition coefficient (Wildman–Crippen LogP) is 4.65. The van der Waals surface area contributed by atoms with Crippen molar-refractivity contribution in [1.29, 1.82) is 0 Å². The van der Waals surface area contributed by atoms with Crippen molar-refractivity contribution in [3.05, 3.63) is 70.3 Å². The number of hydrogen-bond acceptors (Lipinski definition) is 6. The van der Waals surface area contributed by atoms with E-state index in [0.717, 1.165) is 28.8 Å². The molecule has 0 unspecified atom stereocenters. The van der Waals surface area contributed by atoms with E-state index in [-0.39, 0.29) is 42.0 Å². The second-order valence-corrected chi connectivity index (χ2v) is 7.77. The Morgan fingerprint density at radius 2 is 1.88 bits per heavy atom. The normalized spacial score (nSPS) is 12.9. The van der Waals surface area contributed by atoms with Gasteiger partial charge in [0.15, 0.2) is 5.56 Å². The minimum atomic E-state index is -4.55. The molecule has 0 fully saturated rings. The third kappa shape index (κ3) is 5.22. The Morgan fingerprint density at radius 3 is 2.65 bits per heavy atom. The van der Waals surface area contributed by atoms with Crippen LogP contribution in [0, 0.1) is 13.8 Å². The minimum Gasteiger partial charge on any atom is -0.484 e. The molecule has 2 aromatic carbocycles. The van der Waals surface area contributed by atoms with Crippen LogP contribution in [-0.2, 0) is 12.6 Å². The first-order valence-corrected chi connectivity index (χ1v) is 10.6. The number of nitrogens with one attached hydrogen (secondary N) is 1. The fraction of sp³-hybridized carbons (Fsp3) is 0.292. The lowest BCUT2D eigenvalue weighted by molar-refractivity contribution is -0.137. The number of ether oxygens (including phenoxy) is 3. The number of rotatable bonds is 6. The summed E-state index contributed by atoms with van der Waals surface area (Å²) in [6, 6.07) is 10.3. The number of carbonyl (C=O) groups excluding carboxylic acids is 1. The van der Waals surface area contributed by atoms with Crippen LogP contribution >= 0.6 is 0 Å². The highest BCUT2D eigenvalue weighted by Crippen LogP contribution is 2.38. The molecule has 3 aromatic rings. The zero-order chi connectivity index (χ0) is 24.3. The van der Waals surface area contributed by atoms with Crippen LogP contribution < -0.4 is 19.5 Å². The first-order chi connectivity index (χ1) is 16.2. The molecule has 1 aliphatic rings. The maximum absolute atomic E-state index is 13.1. The maximum Gasteiger partial charge on any atom is 0.416 e. The van der Waals surface area contributed by atoms with Gasteiger partial charge in [-0.3, -0.25) is 4.79 Å². The molecule has 0 saturated heterocycles. The van der Waals surface area contributed by atoms with E-state index in [9.17, 15) is 18.0 Å². The van der Waals surface area contributed by atoms with Gasteiger partial charge >= 0.3 is 6.18 Å². The summed E-state index contributed by atoms with van der Waals surface area (Å²) in [7, 11) is 0. The van der Waals surface area contributed by atoms with E-state index < -0.39 is 17.6 Å². The highest BCUT2D eigenvalue weighted by atomic mass is 19.4. The van der Waals surface area contributed by atoms with Crippen LogP contribution in [0.1, 0.15) is 32.6 Å². The van der Waals surface area contributed by atoms with Crippen molar-refractivity contribution in [2.45, 2.75) is 26.4 Å². The van der Waals surface area contributed by atoms with Gasteiger partial charge in [0.2, 0.25) is 5.75 Å². The molecule has 1 aromatic heterocycles. The van der Waals surface area contributed by atoms with Gasteiger partial charge < -0.3 is 19.5 Å². The summed E-state index contributed by atoms with van der Waals surface area (Å²) in [5.74, 6) is -0.949. The van der Waals surface area contributed by atoms with E-state index in [1.807, 2.05) is 26.0 Å². The van der Waals surface area contributed by atoms with E-state index in [1.54, 1.807) is 0 Å². The molecule has 7 nitrogen and oxygen atoms in total. The molecule has 1 amide bonds. The van der Waals surface area contributed by atoms with Gasteiger partial charge in [0.1, 0.15) is 19.0 Å². The third-order valence-electron chi connectivity index (χ3n) is 5.22. The van der Waals surface area contributed by atoms with E-state index in [0.29, 0.717) is 13.0 Å². The number of halogens is 3. The molecule has 0 spiro atoms. The highest BCUT2D eigenvalue weighted by Gasteiger charge is 2.32. The molecule has 10 heteroatoms.